The first-order valence-electron chi connectivity index (χ1n) is 6.06. The molecule has 2 bridgehead atoms. The van der Waals surface area contributed by atoms with Crippen molar-refractivity contribution in [3.05, 3.63) is 29.6 Å². The quantitative estimate of drug-likeness (QED) is 0.638. The molecule has 3 atom stereocenters. The summed E-state index contributed by atoms with van der Waals surface area (Å²) in [5.41, 5.74) is 3.71. The Balaban J connectivity index is 1.90. The monoisotopic (exact) mass is 200 g/mol. The van der Waals surface area contributed by atoms with Gasteiger partial charge < -0.3 is 0 Å². The summed E-state index contributed by atoms with van der Waals surface area (Å²) in [6.45, 7) is 2.62. The first kappa shape index (κ1) is 8.28. The second kappa shape index (κ2) is 2.62. The van der Waals surface area contributed by atoms with Crippen LogP contribution in [0.2, 0.25) is 0 Å². The Hall–Kier alpha value is -0.890. The molecular weight excluding hydrogens is 184 g/mol. The van der Waals surface area contributed by atoms with Crippen molar-refractivity contribution in [3.8, 4) is 0 Å². The van der Waals surface area contributed by atoms with E-state index in [0.29, 0.717) is 5.41 Å². The number of nitrogens with zero attached hydrogens (tertiary/aromatic N) is 2. The summed E-state index contributed by atoms with van der Waals surface area (Å²) in [4.78, 5) is 7.01. The van der Waals surface area contributed by atoms with Gasteiger partial charge in [-0.3, -0.25) is 9.88 Å². The number of fused-ring (bicyclic) bond motifs is 1. The standard InChI is InChI=1S/C13H16N2/c1-3-13-4-7-15(6-1)12(13)11-9-14-5-2-10(11)8-13/h2,5,9,12H,1,3-4,6-8H2. The van der Waals surface area contributed by atoms with Crippen LogP contribution in [0.4, 0.5) is 0 Å². The van der Waals surface area contributed by atoms with Crippen molar-refractivity contribution >= 4 is 0 Å². The molecule has 3 unspecified atom stereocenters. The molecule has 1 aromatic heterocycles. The maximum Gasteiger partial charge on any atom is 0.0426 e. The number of hydrogen-bond acceptors (Lipinski definition) is 2. The van der Waals surface area contributed by atoms with Crippen LogP contribution in [0, 0.1) is 5.41 Å². The van der Waals surface area contributed by atoms with Gasteiger partial charge in [0.25, 0.3) is 0 Å². The van der Waals surface area contributed by atoms with Crippen LogP contribution in [-0.2, 0) is 6.42 Å². The van der Waals surface area contributed by atoms with Gasteiger partial charge in [0.2, 0.25) is 0 Å². The van der Waals surface area contributed by atoms with Crippen LogP contribution in [0.3, 0.4) is 0 Å². The van der Waals surface area contributed by atoms with Crippen molar-refractivity contribution in [1.29, 1.82) is 0 Å². The SMILES string of the molecule is c1cc2c(cn1)C1N3CCCC1(CC3)C2. The fraction of sp³-hybridized carbons (Fsp3) is 0.615. The van der Waals surface area contributed by atoms with Crippen LogP contribution in [0.1, 0.15) is 36.4 Å². The molecule has 3 aliphatic rings. The Morgan fingerprint density at radius 2 is 2.33 bits per heavy atom. The normalized spacial score (nSPS) is 41.3. The van der Waals surface area contributed by atoms with Crippen LogP contribution in [-0.4, -0.2) is 23.0 Å². The lowest BCUT2D eigenvalue weighted by Gasteiger charge is -2.37. The van der Waals surface area contributed by atoms with Crippen LogP contribution in [0.5, 0.6) is 0 Å². The lowest BCUT2D eigenvalue weighted by molar-refractivity contribution is 0.111. The minimum atomic E-state index is 0.601. The van der Waals surface area contributed by atoms with E-state index in [1.54, 1.807) is 5.56 Å². The van der Waals surface area contributed by atoms with Gasteiger partial charge in [0.15, 0.2) is 0 Å². The highest BCUT2D eigenvalue weighted by Crippen LogP contribution is 2.59. The maximum absolute atomic E-state index is 4.31. The Kier molecular flexibility index (Phi) is 1.44. The van der Waals surface area contributed by atoms with Crippen LogP contribution < -0.4 is 0 Å². The molecule has 2 fully saturated rings. The average Bonchev–Trinajstić information content (AvgIpc) is 2.68. The number of pyridine rings is 1. The number of rotatable bonds is 0. The minimum absolute atomic E-state index is 0.601. The van der Waals surface area contributed by atoms with E-state index in [1.807, 2.05) is 6.20 Å². The predicted octanol–water partition coefficient (Wildman–Crippen LogP) is 2.16. The van der Waals surface area contributed by atoms with E-state index in [-0.39, 0.29) is 0 Å². The van der Waals surface area contributed by atoms with Gasteiger partial charge in [-0.05, 0) is 61.4 Å². The Morgan fingerprint density at radius 3 is 3.33 bits per heavy atom. The van der Waals surface area contributed by atoms with Crippen LogP contribution in [0.25, 0.3) is 0 Å². The smallest absolute Gasteiger partial charge is 0.0426 e. The molecular formula is C13H16N2. The molecule has 2 heteroatoms. The molecule has 0 spiro atoms. The minimum Gasteiger partial charge on any atom is -0.296 e. The molecule has 2 aliphatic heterocycles. The van der Waals surface area contributed by atoms with E-state index in [1.165, 1.54) is 44.3 Å². The molecule has 15 heavy (non-hydrogen) atoms. The molecule has 1 aromatic rings. The summed E-state index contributed by atoms with van der Waals surface area (Å²) in [7, 11) is 0. The largest absolute Gasteiger partial charge is 0.296 e. The van der Waals surface area contributed by atoms with Crippen molar-refractivity contribution in [3.63, 3.8) is 0 Å². The highest BCUT2D eigenvalue weighted by atomic mass is 15.2. The lowest BCUT2D eigenvalue weighted by Crippen LogP contribution is -2.35. The second-order valence-corrected chi connectivity index (χ2v) is 5.41. The maximum atomic E-state index is 4.31. The van der Waals surface area contributed by atoms with Gasteiger partial charge in [-0.15, -0.1) is 0 Å². The van der Waals surface area contributed by atoms with Crippen LogP contribution >= 0.6 is 0 Å². The van der Waals surface area contributed by atoms with Gasteiger partial charge in [0.05, 0.1) is 0 Å². The van der Waals surface area contributed by atoms with Gasteiger partial charge in [-0.1, -0.05) is 0 Å². The highest BCUT2D eigenvalue weighted by Gasteiger charge is 2.54. The Morgan fingerprint density at radius 1 is 1.33 bits per heavy atom. The molecule has 0 aromatic carbocycles. The molecule has 2 saturated heterocycles. The van der Waals surface area contributed by atoms with Gasteiger partial charge in [-0.25, -0.2) is 0 Å². The fourth-order valence-corrected chi connectivity index (χ4v) is 4.18. The Bertz CT molecular complexity index is 411. The first-order valence-corrected chi connectivity index (χ1v) is 6.06. The van der Waals surface area contributed by atoms with Crippen molar-refractivity contribution in [2.75, 3.05) is 13.1 Å². The molecule has 3 heterocycles. The summed E-state index contributed by atoms with van der Waals surface area (Å²) in [5, 5.41) is 0. The van der Waals surface area contributed by atoms with E-state index in [2.05, 4.69) is 22.1 Å². The predicted molar refractivity (Wildman–Crippen MR) is 58.5 cm³/mol. The molecule has 4 rings (SSSR count). The van der Waals surface area contributed by atoms with Crippen LogP contribution in [0.15, 0.2) is 18.5 Å². The number of hydrogen-bond donors (Lipinski definition) is 0. The number of piperidine rings is 1. The summed E-state index contributed by atoms with van der Waals surface area (Å²) in [5.74, 6) is 0. The molecule has 0 saturated carbocycles. The summed E-state index contributed by atoms with van der Waals surface area (Å²) >= 11 is 0. The molecule has 0 N–H and O–H groups in total. The lowest BCUT2D eigenvalue weighted by atomic mass is 9.75. The third-order valence-electron chi connectivity index (χ3n) is 4.75. The zero-order valence-electron chi connectivity index (χ0n) is 8.95. The fourth-order valence-electron chi connectivity index (χ4n) is 4.18. The second-order valence-electron chi connectivity index (χ2n) is 5.41. The molecule has 2 nitrogen and oxygen atoms in total. The van der Waals surface area contributed by atoms with Crippen molar-refractivity contribution in [1.82, 2.24) is 9.88 Å². The summed E-state index contributed by atoms with van der Waals surface area (Å²) in [6.07, 6.45) is 9.63. The van der Waals surface area contributed by atoms with Crippen molar-refractivity contribution in [2.24, 2.45) is 5.41 Å². The number of aromatic nitrogens is 1. The van der Waals surface area contributed by atoms with E-state index in [9.17, 15) is 0 Å². The zero-order chi connectivity index (χ0) is 9.88. The van der Waals surface area contributed by atoms with Gasteiger partial charge in [-0.2, -0.15) is 0 Å². The summed E-state index contributed by atoms with van der Waals surface area (Å²) in [6, 6.07) is 2.95. The Labute approximate surface area is 90.3 Å². The van der Waals surface area contributed by atoms with Gasteiger partial charge >= 0.3 is 0 Å². The molecule has 78 valence electrons. The third-order valence-corrected chi connectivity index (χ3v) is 4.75. The van der Waals surface area contributed by atoms with Crippen molar-refractivity contribution < 1.29 is 0 Å². The zero-order valence-corrected chi connectivity index (χ0v) is 8.95. The van der Waals surface area contributed by atoms with Gasteiger partial charge in [0, 0.05) is 18.4 Å². The van der Waals surface area contributed by atoms with Gasteiger partial charge in [0.1, 0.15) is 0 Å². The van der Waals surface area contributed by atoms with E-state index < -0.39 is 0 Å². The topological polar surface area (TPSA) is 16.1 Å². The van der Waals surface area contributed by atoms with E-state index in [0.717, 1.165) is 6.04 Å². The van der Waals surface area contributed by atoms with E-state index in [4.69, 9.17) is 0 Å². The van der Waals surface area contributed by atoms with E-state index >= 15 is 0 Å². The average molecular weight is 200 g/mol. The highest BCUT2D eigenvalue weighted by molar-refractivity contribution is 5.38. The first-order chi connectivity index (χ1) is 7.39. The summed E-state index contributed by atoms with van der Waals surface area (Å²) < 4.78 is 0. The molecule has 1 aliphatic carbocycles. The third kappa shape index (κ3) is 0.913. The molecule has 0 amide bonds. The molecule has 0 radical (unpaired) electrons. The van der Waals surface area contributed by atoms with Crippen molar-refractivity contribution in [2.45, 2.75) is 31.7 Å².